The normalized spacial score (nSPS) is 11.7. The zero-order chi connectivity index (χ0) is 9.52. The molecular weight excluding hydrogens is 180 g/mol. The van der Waals surface area contributed by atoms with Crippen LogP contribution in [0.5, 0.6) is 0 Å². The van der Waals surface area contributed by atoms with Crippen LogP contribution in [-0.4, -0.2) is 0 Å². The molecule has 0 fully saturated rings. The molecule has 1 heteroatoms. The first-order valence-corrected chi connectivity index (χ1v) is 5.13. The van der Waals surface area contributed by atoms with Crippen LogP contribution in [0.25, 0.3) is 5.03 Å². The molecule has 70 valence electrons. The van der Waals surface area contributed by atoms with Gasteiger partial charge in [0, 0.05) is 5.03 Å². The minimum atomic E-state index is 0.869. The van der Waals surface area contributed by atoms with E-state index in [4.69, 9.17) is 11.6 Å². The molecule has 0 saturated carbocycles. The topological polar surface area (TPSA) is 0 Å². The zero-order valence-electron chi connectivity index (χ0n) is 7.96. The van der Waals surface area contributed by atoms with E-state index in [1.54, 1.807) is 0 Å². The molecule has 0 saturated heterocycles. The highest BCUT2D eigenvalue weighted by Gasteiger charge is 1.94. The third kappa shape index (κ3) is 3.65. The van der Waals surface area contributed by atoms with Gasteiger partial charge in [-0.05, 0) is 12.0 Å². The van der Waals surface area contributed by atoms with Gasteiger partial charge in [0.1, 0.15) is 0 Å². The van der Waals surface area contributed by atoms with Crippen molar-refractivity contribution in [2.45, 2.75) is 26.2 Å². The second-order valence-electron chi connectivity index (χ2n) is 3.06. The van der Waals surface area contributed by atoms with Crippen molar-refractivity contribution < 1.29 is 0 Å². The molecule has 0 aliphatic rings. The van der Waals surface area contributed by atoms with Gasteiger partial charge in [0.05, 0.1) is 0 Å². The van der Waals surface area contributed by atoms with Crippen LogP contribution >= 0.6 is 11.6 Å². The summed E-state index contributed by atoms with van der Waals surface area (Å²) in [5, 5.41) is 0.869. The molecule has 0 radical (unpaired) electrons. The van der Waals surface area contributed by atoms with E-state index in [0.29, 0.717) is 0 Å². The molecule has 13 heavy (non-hydrogen) atoms. The maximum Gasteiger partial charge on any atom is 0.0438 e. The first-order chi connectivity index (χ1) is 6.34. The van der Waals surface area contributed by atoms with Gasteiger partial charge in [0.15, 0.2) is 0 Å². The van der Waals surface area contributed by atoms with Gasteiger partial charge in [-0.1, -0.05) is 67.8 Å². The number of hydrogen-bond acceptors (Lipinski definition) is 0. The summed E-state index contributed by atoms with van der Waals surface area (Å²) in [5.74, 6) is 0. The van der Waals surface area contributed by atoms with E-state index in [9.17, 15) is 0 Å². The fourth-order valence-electron chi connectivity index (χ4n) is 1.15. The Bertz CT molecular complexity index is 262. The van der Waals surface area contributed by atoms with Gasteiger partial charge in [-0.2, -0.15) is 0 Å². The Hall–Kier alpha value is -0.750. The Balaban J connectivity index is 2.57. The largest absolute Gasteiger partial charge is 0.0840 e. The third-order valence-electron chi connectivity index (χ3n) is 1.93. The van der Waals surface area contributed by atoms with E-state index in [0.717, 1.165) is 17.0 Å². The quantitative estimate of drug-likeness (QED) is 0.621. The summed E-state index contributed by atoms with van der Waals surface area (Å²) in [7, 11) is 0. The van der Waals surface area contributed by atoms with Gasteiger partial charge in [-0.15, -0.1) is 0 Å². The molecule has 0 atom stereocenters. The van der Waals surface area contributed by atoms with E-state index in [1.165, 1.54) is 12.8 Å². The SMILES string of the molecule is CCCCC=C(Cl)c1ccccc1. The Morgan fingerprint density at radius 2 is 2.00 bits per heavy atom. The molecular formula is C12H15Cl. The van der Waals surface area contributed by atoms with Crippen LogP contribution in [-0.2, 0) is 0 Å². The molecule has 1 aromatic rings. The van der Waals surface area contributed by atoms with Crippen LogP contribution in [0.4, 0.5) is 0 Å². The Morgan fingerprint density at radius 3 is 2.62 bits per heavy atom. The Labute approximate surface area is 85.2 Å². The first kappa shape index (κ1) is 10.3. The van der Waals surface area contributed by atoms with Crippen LogP contribution in [0.2, 0.25) is 0 Å². The van der Waals surface area contributed by atoms with Gasteiger partial charge in [-0.25, -0.2) is 0 Å². The number of halogens is 1. The summed E-state index contributed by atoms with van der Waals surface area (Å²) >= 11 is 6.10. The third-order valence-corrected chi connectivity index (χ3v) is 2.30. The Morgan fingerprint density at radius 1 is 1.31 bits per heavy atom. The van der Waals surface area contributed by atoms with E-state index >= 15 is 0 Å². The molecule has 0 N–H and O–H groups in total. The lowest BCUT2D eigenvalue weighted by molar-refractivity contribution is 0.816. The van der Waals surface area contributed by atoms with Gasteiger partial charge >= 0.3 is 0 Å². The fourth-order valence-corrected chi connectivity index (χ4v) is 1.38. The first-order valence-electron chi connectivity index (χ1n) is 4.75. The highest BCUT2D eigenvalue weighted by atomic mass is 35.5. The van der Waals surface area contributed by atoms with Crippen molar-refractivity contribution in [3.8, 4) is 0 Å². The summed E-state index contributed by atoms with van der Waals surface area (Å²) in [6.45, 7) is 2.18. The molecule has 0 bridgehead atoms. The molecule has 0 unspecified atom stereocenters. The minimum Gasteiger partial charge on any atom is -0.0840 e. The molecule has 0 aromatic heterocycles. The zero-order valence-corrected chi connectivity index (χ0v) is 8.72. The smallest absolute Gasteiger partial charge is 0.0438 e. The number of rotatable bonds is 4. The summed E-state index contributed by atoms with van der Waals surface area (Å²) < 4.78 is 0. The predicted molar refractivity (Wildman–Crippen MR) is 59.8 cm³/mol. The maximum atomic E-state index is 6.10. The van der Waals surface area contributed by atoms with Gasteiger partial charge in [0.2, 0.25) is 0 Å². The van der Waals surface area contributed by atoms with E-state index < -0.39 is 0 Å². The molecule has 0 spiro atoms. The lowest BCUT2D eigenvalue weighted by Gasteiger charge is -1.98. The van der Waals surface area contributed by atoms with Gasteiger partial charge < -0.3 is 0 Å². The Kier molecular flexibility index (Phi) is 4.63. The summed E-state index contributed by atoms with van der Waals surface area (Å²) in [4.78, 5) is 0. The minimum absolute atomic E-state index is 0.869. The fraction of sp³-hybridized carbons (Fsp3) is 0.333. The summed E-state index contributed by atoms with van der Waals surface area (Å²) in [6, 6.07) is 10.1. The van der Waals surface area contributed by atoms with Crippen LogP contribution in [0.1, 0.15) is 31.7 Å². The number of benzene rings is 1. The molecule has 0 aliphatic heterocycles. The number of unbranched alkanes of at least 4 members (excludes halogenated alkanes) is 2. The van der Waals surface area contributed by atoms with E-state index in [1.807, 2.05) is 30.3 Å². The maximum absolute atomic E-state index is 6.10. The standard InChI is InChI=1S/C12H15Cl/c1-2-3-5-10-12(13)11-8-6-4-7-9-11/h4,6-10H,2-3,5H2,1H3. The lowest BCUT2D eigenvalue weighted by Crippen LogP contribution is -1.76. The van der Waals surface area contributed by atoms with Crippen LogP contribution < -0.4 is 0 Å². The average molecular weight is 195 g/mol. The molecule has 0 nitrogen and oxygen atoms in total. The second-order valence-corrected chi connectivity index (χ2v) is 3.47. The molecule has 1 aromatic carbocycles. The van der Waals surface area contributed by atoms with Crippen molar-refractivity contribution >= 4 is 16.6 Å². The lowest BCUT2D eigenvalue weighted by atomic mass is 10.1. The van der Waals surface area contributed by atoms with Crippen molar-refractivity contribution in [1.29, 1.82) is 0 Å². The molecule has 0 aliphatic carbocycles. The van der Waals surface area contributed by atoms with Gasteiger partial charge in [-0.3, -0.25) is 0 Å². The van der Waals surface area contributed by atoms with Crippen molar-refractivity contribution in [2.24, 2.45) is 0 Å². The van der Waals surface area contributed by atoms with Crippen molar-refractivity contribution in [1.82, 2.24) is 0 Å². The average Bonchev–Trinajstić information content (AvgIpc) is 2.19. The molecule has 0 heterocycles. The van der Waals surface area contributed by atoms with E-state index in [2.05, 4.69) is 13.0 Å². The second kappa shape index (κ2) is 5.82. The van der Waals surface area contributed by atoms with Gasteiger partial charge in [0.25, 0.3) is 0 Å². The molecule has 1 rings (SSSR count). The van der Waals surface area contributed by atoms with Crippen molar-refractivity contribution in [2.75, 3.05) is 0 Å². The van der Waals surface area contributed by atoms with Crippen LogP contribution in [0, 0.1) is 0 Å². The predicted octanol–water partition coefficient (Wildman–Crippen LogP) is 4.46. The van der Waals surface area contributed by atoms with Crippen LogP contribution in [0.3, 0.4) is 0 Å². The number of allylic oxidation sites excluding steroid dienone is 1. The van der Waals surface area contributed by atoms with Crippen molar-refractivity contribution in [3.63, 3.8) is 0 Å². The highest BCUT2D eigenvalue weighted by Crippen LogP contribution is 2.19. The molecule has 0 amide bonds. The van der Waals surface area contributed by atoms with Crippen LogP contribution in [0.15, 0.2) is 36.4 Å². The summed E-state index contributed by atoms with van der Waals surface area (Å²) in [5.41, 5.74) is 1.11. The summed E-state index contributed by atoms with van der Waals surface area (Å²) in [6.07, 6.45) is 5.60. The number of hydrogen-bond donors (Lipinski definition) is 0. The van der Waals surface area contributed by atoms with Crippen molar-refractivity contribution in [3.05, 3.63) is 42.0 Å². The van der Waals surface area contributed by atoms with E-state index in [-0.39, 0.29) is 0 Å². The monoisotopic (exact) mass is 194 g/mol. The highest BCUT2D eigenvalue weighted by molar-refractivity contribution is 6.48.